The summed E-state index contributed by atoms with van der Waals surface area (Å²) >= 11 is 0. The summed E-state index contributed by atoms with van der Waals surface area (Å²) in [5.41, 5.74) is 2.58. The number of nitrogens with zero attached hydrogens (tertiary/aromatic N) is 1. The van der Waals surface area contributed by atoms with Crippen molar-refractivity contribution in [1.82, 2.24) is 0 Å². The van der Waals surface area contributed by atoms with Gasteiger partial charge in [-0.3, -0.25) is 0 Å². The molecule has 1 aromatic carbocycles. The SMILES string of the molecule is CCN(CC)c1cc(OC)cc2c1CC(C)O2. The minimum absolute atomic E-state index is 0.270. The fourth-order valence-electron chi connectivity index (χ4n) is 2.43. The molecule has 1 atom stereocenters. The Bertz CT molecular complexity index is 399. The first-order valence-electron chi connectivity index (χ1n) is 6.32. The normalized spacial score (nSPS) is 17.5. The summed E-state index contributed by atoms with van der Waals surface area (Å²) in [6.07, 6.45) is 1.26. The van der Waals surface area contributed by atoms with Gasteiger partial charge in [0.1, 0.15) is 17.6 Å². The summed E-state index contributed by atoms with van der Waals surface area (Å²) < 4.78 is 11.2. The van der Waals surface area contributed by atoms with E-state index in [2.05, 4.69) is 31.7 Å². The fourth-order valence-corrected chi connectivity index (χ4v) is 2.43. The average molecular weight is 235 g/mol. The zero-order chi connectivity index (χ0) is 12.4. The van der Waals surface area contributed by atoms with E-state index in [1.165, 1.54) is 11.3 Å². The molecule has 1 aromatic rings. The Hall–Kier alpha value is -1.38. The van der Waals surface area contributed by atoms with Gasteiger partial charge in [0.15, 0.2) is 0 Å². The van der Waals surface area contributed by atoms with Gasteiger partial charge in [-0.15, -0.1) is 0 Å². The van der Waals surface area contributed by atoms with Gasteiger partial charge in [-0.2, -0.15) is 0 Å². The largest absolute Gasteiger partial charge is 0.497 e. The van der Waals surface area contributed by atoms with Gasteiger partial charge in [0.2, 0.25) is 0 Å². The lowest BCUT2D eigenvalue weighted by atomic mass is 10.1. The van der Waals surface area contributed by atoms with Crippen LogP contribution in [-0.4, -0.2) is 26.3 Å². The van der Waals surface area contributed by atoms with Crippen molar-refractivity contribution in [2.24, 2.45) is 0 Å². The second-order valence-corrected chi connectivity index (χ2v) is 4.43. The van der Waals surface area contributed by atoms with Gasteiger partial charge in [0, 0.05) is 42.9 Å². The smallest absolute Gasteiger partial charge is 0.128 e. The van der Waals surface area contributed by atoms with Crippen molar-refractivity contribution in [2.45, 2.75) is 33.3 Å². The summed E-state index contributed by atoms with van der Waals surface area (Å²) in [7, 11) is 1.70. The van der Waals surface area contributed by atoms with Crippen LogP contribution in [0, 0.1) is 0 Å². The molecule has 0 N–H and O–H groups in total. The molecule has 1 heterocycles. The van der Waals surface area contributed by atoms with Crippen molar-refractivity contribution in [3.63, 3.8) is 0 Å². The van der Waals surface area contributed by atoms with E-state index in [4.69, 9.17) is 9.47 Å². The minimum atomic E-state index is 0.270. The Morgan fingerprint density at radius 2 is 2.06 bits per heavy atom. The molecule has 0 aliphatic carbocycles. The van der Waals surface area contributed by atoms with Crippen LogP contribution in [0.15, 0.2) is 12.1 Å². The van der Waals surface area contributed by atoms with Crippen LogP contribution in [-0.2, 0) is 6.42 Å². The molecule has 3 heteroatoms. The third-order valence-corrected chi connectivity index (χ3v) is 3.32. The van der Waals surface area contributed by atoms with Crippen molar-refractivity contribution >= 4 is 5.69 Å². The highest BCUT2D eigenvalue weighted by Crippen LogP contribution is 2.40. The highest BCUT2D eigenvalue weighted by molar-refractivity contribution is 5.64. The van der Waals surface area contributed by atoms with Crippen molar-refractivity contribution in [1.29, 1.82) is 0 Å². The number of rotatable bonds is 4. The summed E-state index contributed by atoms with van der Waals surface area (Å²) in [6, 6.07) is 4.11. The second kappa shape index (κ2) is 4.86. The van der Waals surface area contributed by atoms with Gasteiger partial charge in [0.25, 0.3) is 0 Å². The molecule has 0 amide bonds. The van der Waals surface area contributed by atoms with Crippen LogP contribution >= 0.6 is 0 Å². The maximum absolute atomic E-state index is 5.82. The fraction of sp³-hybridized carbons (Fsp3) is 0.571. The van der Waals surface area contributed by atoms with Crippen molar-refractivity contribution in [3.05, 3.63) is 17.7 Å². The molecule has 3 nitrogen and oxygen atoms in total. The zero-order valence-electron chi connectivity index (χ0n) is 11.1. The predicted molar refractivity (Wildman–Crippen MR) is 70.3 cm³/mol. The maximum Gasteiger partial charge on any atom is 0.128 e. The Morgan fingerprint density at radius 3 is 2.65 bits per heavy atom. The standard InChI is InChI=1S/C14H21NO2/c1-5-15(6-2)13-8-11(16-4)9-14-12(13)7-10(3)17-14/h8-10H,5-7H2,1-4H3. The highest BCUT2D eigenvalue weighted by atomic mass is 16.5. The molecular weight excluding hydrogens is 214 g/mol. The van der Waals surface area contributed by atoms with Gasteiger partial charge in [-0.05, 0) is 20.8 Å². The Morgan fingerprint density at radius 1 is 1.35 bits per heavy atom. The monoisotopic (exact) mass is 235 g/mol. The van der Waals surface area contributed by atoms with Crippen molar-refractivity contribution in [3.8, 4) is 11.5 Å². The lowest BCUT2D eigenvalue weighted by molar-refractivity contribution is 0.253. The molecule has 0 spiro atoms. The van der Waals surface area contributed by atoms with Crippen LogP contribution in [0.1, 0.15) is 26.3 Å². The quantitative estimate of drug-likeness (QED) is 0.801. The van der Waals surface area contributed by atoms with E-state index in [9.17, 15) is 0 Å². The highest BCUT2D eigenvalue weighted by Gasteiger charge is 2.25. The molecule has 1 unspecified atom stereocenters. The topological polar surface area (TPSA) is 21.7 Å². The molecule has 1 aliphatic rings. The third-order valence-electron chi connectivity index (χ3n) is 3.32. The number of methoxy groups -OCH3 is 1. The number of anilines is 1. The Labute approximate surface area is 103 Å². The third kappa shape index (κ3) is 2.19. The summed E-state index contributed by atoms with van der Waals surface area (Å²) in [5.74, 6) is 1.86. The number of fused-ring (bicyclic) bond motifs is 1. The van der Waals surface area contributed by atoms with Gasteiger partial charge in [0.05, 0.1) is 7.11 Å². The first kappa shape index (κ1) is 12.1. The molecule has 94 valence electrons. The minimum Gasteiger partial charge on any atom is -0.497 e. The van der Waals surface area contributed by atoms with Crippen LogP contribution in [0.3, 0.4) is 0 Å². The zero-order valence-corrected chi connectivity index (χ0v) is 11.1. The molecule has 0 saturated carbocycles. The molecular formula is C14H21NO2. The molecule has 17 heavy (non-hydrogen) atoms. The van der Waals surface area contributed by atoms with E-state index >= 15 is 0 Å². The molecule has 0 fully saturated rings. The van der Waals surface area contributed by atoms with E-state index in [0.29, 0.717) is 0 Å². The molecule has 1 aliphatic heterocycles. The first-order valence-corrected chi connectivity index (χ1v) is 6.32. The Balaban J connectivity index is 2.46. The number of ether oxygens (including phenoxy) is 2. The van der Waals surface area contributed by atoms with Gasteiger partial charge < -0.3 is 14.4 Å². The molecule has 2 rings (SSSR count). The number of hydrogen-bond donors (Lipinski definition) is 0. The predicted octanol–water partition coefficient (Wildman–Crippen LogP) is 2.86. The first-order chi connectivity index (χ1) is 8.19. The van der Waals surface area contributed by atoms with Crippen LogP contribution in [0.2, 0.25) is 0 Å². The molecule has 0 saturated heterocycles. The average Bonchev–Trinajstić information content (AvgIpc) is 2.70. The van der Waals surface area contributed by atoms with E-state index in [-0.39, 0.29) is 6.10 Å². The number of hydrogen-bond acceptors (Lipinski definition) is 3. The van der Waals surface area contributed by atoms with Gasteiger partial charge >= 0.3 is 0 Å². The van der Waals surface area contributed by atoms with E-state index in [1.807, 2.05) is 6.07 Å². The van der Waals surface area contributed by atoms with Crippen LogP contribution < -0.4 is 14.4 Å². The molecule has 0 aromatic heterocycles. The van der Waals surface area contributed by atoms with E-state index in [1.54, 1.807) is 7.11 Å². The van der Waals surface area contributed by atoms with Crippen molar-refractivity contribution < 1.29 is 9.47 Å². The second-order valence-electron chi connectivity index (χ2n) is 4.43. The summed E-state index contributed by atoms with van der Waals surface area (Å²) in [6.45, 7) is 8.47. The van der Waals surface area contributed by atoms with Crippen LogP contribution in [0.5, 0.6) is 11.5 Å². The van der Waals surface area contributed by atoms with E-state index < -0.39 is 0 Å². The lowest BCUT2D eigenvalue weighted by Crippen LogP contribution is -2.23. The van der Waals surface area contributed by atoms with Gasteiger partial charge in [-0.25, -0.2) is 0 Å². The van der Waals surface area contributed by atoms with Crippen LogP contribution in [0.4, 0.5) is 5.69 Å². The van der Waals surface area contributed by atoms with Crippen LogP contribution in [0.25, 0.3) is 0 Å². The summed E-state index contributed by atoms with van der Waals surface area (Å²) in [4.78, 5) is 2.35. The van der Waals surface area contributed by atoms with Crippen molar-refractivity contribution in [2.75, 3.05) is 25.1 Å². The number of benzene rings is 1. The Kier molecular flexibility index (Phi) is 3.46. The molecule has 0 radical (unpaired) electrons. The molecule has 0 bridgehead atoms. The van der Waals surface area contributed by atoms with Gasteiger partial charge in [-0.1, -0.05) is 0 Å². The maximum atomic E-state index is 5.82. The lowest BCUT2D eigenvalue weighted by Gasteiger charge is -2.24. The van der Waals surface area contributed by atoms with E-state index in [0.717, 1.165) is 31.0 Å². The summed E-state index contributed by atoms with van der Waals surface area (Å²) in [5, 5.41) is 0.